The molecule has 0 saturated carbocycles. The van der Waals surface area contributed by atoms with Crippen molar-refractivity contribution >= 4 is 11.9 Å². The van der Waals surface area contributed by atoms with E-state index < -0.39 is 49.4 Å². The van der Waals surface area contributed by atoms with Crippen molar-refractivity contribution in [3.63, 3.8) is 0 Å². The molecule has 4 N–H and O–H groups in total. The largest absolute Gasteiger partial charge is 0.462 e. The molecule has 10 heteroatoms. The Kier molecular flexibility index (Phi) is 28.9. The van der Waals surface area contributed by atoms with Crippen molar-refractivity contribution in [2.45, 2.75) is 205 Å². The highest BCUT2D eigenvalue weighted by atomic mass is 16.7. The van der Waals surface area contributed by atoms with Gasteiger partial charge in [0.05, 0.1) is 13.2 Å². The van der Waals surface area contributed by atoms with E-state index in [-0.39, 0.29) is 32.0 Å². The topological polar surface area (TPSA) is 152 Å². The molecule has 1 rings (SSSR count). The van der Waals surface area contributed by atoms with Gasteiger partial charge in [0.15, 0.2) is 12.4 Å². The Morgan fingerprint density at radius 2 is 1.08 bits per heavy atom. The Morgan fingerprint density at radius 1 is 0.612 bits per heavy atom. The Bertz CT molecular complexity index is 820. The number of carbonyl (C=O) groups is 2. The fourth-order valence-electron chi connectivity index (χ4n) is 5.95. The number of esters is 2. The predicted octanol–water partition coefficient (Wildman–Crippen LogP) is 7.22. The fourth-order valence-corrected chi connectivity index (χ4v) is 5.95. The van der Waals surface area contributed by atoms with Crippen molar-refractivity contribution in [2.24, 2.45) is 0 Å². The highest BCUT2D eigenvalue weighted by molar-refractivity contribution is 5.70. The van der Waals surface area contributed by atoms with E-state index in [1.807, 2.05) is 0 Å². The zero-order valence-corrected chi connectivity index (χ0v) is 30.9. The van der Waals surface area contributed by atoms with Gasteiger partial charge in [-0.25, -0.2) is 0 Å². The van der Waals surface area contributed by atoms with Crippen molar-refractivity contribution in [1.82, 2.24) is 0 Å². The number of hydrogen-bond donors (Lipinski definition) is 4. The van der Waals surface area contributed by atoms with Crippen molar-refractivity contribution in [3.05, 3.63) is 12.2 Å². The summed E-state index contributed by atoms with van der Waals surface area (Å²) in [5.41, 5.74) is 0. The fraction of sp³-hybridized carbons (Fsp3) is 0.897. The Balaban J connectivity index is 2.39. The third-order valence-electron chi connectivity index (χ3n) is 9.15. The normalized spacial score (nSPS) is 21.6. The minimum Gasteiger partial charge on any atom is -0.462 e. The maximum atomic E-state index is 12.7. The number of ether oxygens (including phenoxy) is 4. The van der Waals surface area contributed by atoms with Crippen LogP contribution in [0, 0.1) is 0 Å². The molecule has 1 aliphatic heterocycles. The first-order chi connectivity index (χ1) is 23.8. The van der Waals surface area contributed by atoms with Crippen LogP contribution in [0.1, 0.15) is 168 Å². The Labute approximate surface area is 297 Å². The molecule has 1 aliphatic rings. The molecule has 1 saturated heterocycles. The van der Waals surface area contributed by atoms with E-state index in [1.54, 1.807) is 0 Å². The van der Waals surface area contributed by atoms with Gasteiger partial charge in [-0.2, -0.15) is 0 Å². The number of aliphatic hydroxyl groups is 4. The van der Waals surface area contributed by atoms with Gasteiger partial charge in [-0.3, -0.25) is 9.59 Å². The first kappa shape index (κ1) is 45.5. The summed E-state index contributed by atoms with van der Waals surface area (Å²) < 4.78 is 22.0. The summed E-state index contributed by atoms with van der Waals surface area (Å²) in [5, 5.41) is 39.9. The van der Waals surface area contributed by atoms with Gasteiger partial charge in [0.25, 0.3) is 0 Å². The summed E-state index contributed by atoms with van der Waals surface area (Å²) in [4.78, 5) is 25.1. The molecular formula is C39H72O10. The molecule has 2 unspecified atom stereocenters. The highest BCUT2D eigenvalue weighted by Gasteiger charge is 2.44. The molecule has 1 heterocycles. The minimum atomic E-state index is -1.59. The molecular weight excluding hydrogens is 628 g/mol. The second kappa shape index (κ2) is 31.2. The summed E-state index contributed by atoms with van der Waals surface area (Å²) in [7, 11) is 0. The van der Waals surface area contributed by atoms with Gasteiger partial charge in [-0.05, 0) is 38.5 Å². The number of carbonyl (C=O) groups excluding carboxylic acids is 2. The molecule has 10 nitrogen and oxygen atoms in total. The van der Waals surface area contributed by atoms with E-state index >= 15 is 0 Å². The minimum absolute atomic E-state index is 0.213. The summed E-state index contributed by atoms with van der Waals surface area (Å²) in [6.45, 7) is 3.37. The average molecular weight is 701 g/mol. The quantitative estimate of drug-likeness (QED) is 0.0322. The molecule has 0 radical (unpaired) electrons. The van der Waals surface area contributed by atoms with E-state index in [1.165, 1.54) is 89.9 Å². The van der Waals surface area contributed by atoms with E-state index in [9.17, 15) is 30.0 Å². The number of hydrogen-bond acceptors (Lipinski definition) is 10. The molecule has 0 aromatic rings. The first-order valence-electron chi connectivity index (χ1n) is 19.8. The number of rotatable bonds is 32. The Hall–Kier alpha value is -1.56. The molecule has 49 heavy (non-hydrogen) atoms. The standard InChI is InChI=1S/C39H72O10/c1-3-5-7-9-11-13-14-15-16-17-18-20-22-24-26-28-35(42)48-32(31-47-39-38(45)37(44)36(43)33(29-40)49-39)30-46-34(41)27-25-23-21-19-12-10-8-6-4-2/h17-18,32-33,36-40,43-45H,3-16,19-31H2,1-2H3/b18-17+/t32-,33-,36+,37?,38?,39-/m1/s1. The lowest BCUT2D eigenvalue weighted by Gasteiger charge is -2.39. The van der Waals surface area contributed by atoms with Crippen LogP contribution in [0.4, 0.5) is 0 Å². The zero-order valence-electron chi connectivity index (χ0n) is 30.9. The van der Waals surface area contributed by atoms with E-state index in [0.29, 0.717) is 6.42 Å². The van der Waals surface area contributed by atoms with Crippen LogP contribution in [0.2, 0.25) is 0 Å². The number of allylic oxidation sites excluding steroid dienone is 2. The second-order valence-electron chi connectivity index (χ2n) is 13.7. The van der Waals surface area contributed by atoms with Crippen LogP contribution in [0.25, 0.3) is 0 Å². The van der Waals surface area contributed by atoms with Gasteiger partial charge in [0.2, 0.25) is 0 Å². The van der Waals surface area contributed by atoms with E-state index in [4.69, 9.17) is 18.9 Å². The Morgan fingerprint density at radius 3 is 1.61 bits per heavy atom. The number of aliphatic hydroxyl groups excluding tert-OH is 4. The van der Waals surface area contributed by atoms with Crippen LogP contribution < -0.4 is 0 Å². The van der Waals surface area contributed by atoms with Crippen LogP contribution >= 0.6 is 0 Å². The van der Waals surface area contributed by atoms with Crippen molar-refractivity contribution in [2.75, 3.05) is 19.8 Å². The number of unbranched alkanes of at least 4 members (excludes halogenated alkanes) is 19. The molecule has 0 bridgehead atoms. The van der Waals surface area contributed by atoms with Crippen LogP contribution in [0.5, 0.6) is 0 Å². The lowest BCUT2D eigenvalue weighted by atomic mass is 9.99. The van der Waals surface area contributed by atoms with Gasteiger partial charge in [0.1, 0.15) is 31.0 Å². The maximum Gasteiger partial charge on any atom is 0.306 e. The van der Waals surface area contributed by atoms with E-state index in [2.05, 4.69) is 26.0 Å². The highest BCUT2D eigenvalue weighted by Crippen LogP contribution is 2.22. The average Bonchev–Trinajstić information content (AvgIpc) is 3.10. The monoisotopic (exact) mass is 701 g/mol. The van der Waals surface area contributed by atoms with Crippen molar-refractivity contribution in [3.8, 4) is 0 Å². The van der Waals surface area contributed by atoms with Gasteiger partial charge in [-0.15, -0.1) is 0 Å². The third-order valence-corrected chi connectivity index (χ3v) is 9.15. The summed E-state index contributed by atoms with van der Waals surface area (Å²) in [5.74, 6) is -0.824. The molecule has 0 aromatic carbocycles. The molecule has 0 spiro atoms. The summed E-state index contributed by atoms with van der Waals surface area (Å²) >= 11 is 0. The second-order valence-corrected chi connectivity index (χ2v) is 13.7. The zero-order chi connectivity index (χ0) is 36.0. The lowest BCUT2D eigenvalue weighted by molar-refractivity contribution is -0.305. The molecule has 0 aliphatic carbocycles. The van der Waals surface area contributed by atoms with Gasteiger partial charge in [-0.1, -0.05) is 129 Å². The third kappa shape index (κ3) is 23.5. The summed E-state index contributed by atoms with van der Waals surface area (Å²) in [6, 6.07) is 0. The van der Waals surface area contributed by atoms with Gasteiger partial charge < -0.3 is 39.4 Å². The first-order valence-corrected chi connectivity index (χ1v) is 19.8. The SMILES string of the molecule is CCCCCCCCCC/C=C/CCCCCC(=O)O[C@H](COC(=O)CCCCCCCCCCC)CO[C@@H]1O[C@H](CO)[C@H](O)C(O)C1O. The van der Waals surface area contributed by atoms with Gasteiger partial charge >= 0.3 is 11.9 Å². The molecule has 0 amide bonds. The van der Waals surface area contributed by atoms with Crippen molar-refractivity contribution in [1.29, 1.82) is 0 Å². The van der Waals surface area contributed by atoms with Crippen LogP contribution in [-0.4, -0.2) is 89.0 Å². The predicted molar refractivity (Wildman–Crippen MR) is 192 cm³/mol. The summed E-state index contributed by atoms with van der Waals surface area (Å²) in [6.07, 6.45) is 22.3. The maximum absolute atomic E-state index is 12.7. The smallest absolute Gasteiger partial charge is 0.306 e. The molecule has 288 valence electrons. The van der Waals surface area contributed by atoms with E-state index in [0.717, 1.165) is 44.9 Å². The lowest BCUT2D eigenvalue weighted by Crippen LogP contribution is -2.59. The molecule has 1 fully saturated rings. The molecule has 6 atom stereocenters. The van der Waals surface area contributed by atoms with Crippen LogP contribution in [0.3, 0.4) is 0 Å². The van der Waals surface area contributed by atoms with Crippen LogP contribution in [0.15, 0.2) is 12.2 Å². The van der Waals surface area contributed by atoms with Crippen molar-refractivity contribution < 1.29 is 49.0 Å². The molecule has 0 aromatic heterocycles. The van der Waals surface area contributed by atoms with Gasteiger partial charge in [0, 0.05) is 12.8 Å². The van der Waals surface area contributed by atoms with Crippen LogP contribution in [-0.2, 0) is 28.5 Å².